The molecule has 7 nitrogen and oxygen atoms in total. The van der Waals surface area contributed by atoms with E-state index in [1.807, 2.05) is 6.92 Å². The molecule has 4 rings (SSSR count). The molecule has 2 heterocycles. The van der Waals surface area contributed by atoms with Crippen molar-refractivity contribution >= 4 is 11.5 Å². The first-order chi connectivity index (χ1) is 14.2. The largest absolute Gasteiger partial charge is 0.460 e. The van der Waals surface area contributed by atoms with Crippen LogP contribution in [0.4, 0.5) is 5.69 Å². The Hall–Kier alpha value is -3.66. The topological polar surface area (TPSA) is 109 Å². The minimum atomic E-state index is -0.581. The average Bonchev–Trinajstić information content (AvgIpc) is 3.16. The number of hydrogen-bond donors (Lipinski definition) is 1. The number of carbonyl (C=O) groups excluding carboxylic acids is 1. The highest BCUT2D eigenvalue weighted by molar-refractivity contribution is 6.00. The van der Waals surface area contributed by atoms with Gasteiger partial charge >= 0.3 is 0 Å². The van der Waals surface area contributed by atoms with Crippen molar-refractivity contribution in [1.29, 1.82) is 5.26 Å². The van der Waals surface area contributed by atoms with Crippen molar-refractivity contribution in [2.45, 2.75) is 39.5 Å². The van der Waals surface area contributed by atoms with Crippen LogP contribution in [0.2, 0.25) is 0 Å². The van der Waals surface area contributed by atoms with Gasteiger partial charge in [0.1, 0.15) is 11.5 Å². The zero-order valence-corrected chi connectivity index (χ0v) is 17.0. The lowest BCUT2D eigenvalue weighted by Crippen LogP contribution is -2.36. The number of hydrogen-bond acceptors (Lipinski definition) is 6. The number of dihydropyridines is 1. The molecule has 2 aromatic rings. The lowest BCUT2D eigenvalue weighted by atomic mass is 9.70. The highest BCUT2D eigenvalue weighted by atomic mass is 16.6. The molecule has 2 aliphatic rings. The Bertz CT molecular complexity index is 1180. The number of allylic oxidation sites excluding steroid dienone is 4. The predicted octanol–water partition coefficient (Wildman–Crippen LogP) is 4.98. The van der Waals surface area contributed by atoms with Crippen LogP contribution in [-0.2, 0) is 4.79 Å². The van der Waals surface area contributed by atoms with E-state index in [9.17, 15) is 20.2 Å². The molecule has 1 aliphatic heterocycles. The SMILES string of the molecule is CC1=C(C#N)C(c2ccc(-c3cccc([N+](=O)[O-])c3)o2)C2=C(CC(C)(C)CC2=O)N1. The van der Waals surface area contributed by atoms with Gasteiger partial charge < -0.3 is 9.73 Å². The van der Waals surface area contributed by atoms with Crippen molar-refractivity contribution in [1.82, 2.24) is 5.32 Å². The molecule has 1 N–H and O–H groups in total. The fraction of sp³-hybridized carbons (Fsp3) is 0.304. The summed E-state index contributed by atoms with van der Waals surface area (Å²) in [4.78, 5) is 23.7. The van der Waals surface area contributed by atoms with Crippen molar-refractivity contribution in [2.75, 3.05) is 0 Å². The lowest BCUT2D eigenvalue weighted by Gasteiger charge is -2.38. The van der Waals surface area contributed by atoms with Gasteiger partial charge in [0, 0.05) is 41.1 Å². The summed E-state index contributed by atoms with van der Waals surface area (Å²) < 4.78 is 6.05. The molecule has 0 bridgehead atoms. The molecular weight excluding hydrogens is 382 g/mol. The molecule has 0 fully saturated rings. The third-order valence-electron chi connectivity index (χ3n) is 5.61. The van der Waals surface area contributed by atoms with Crippen LogP contribution in [0.25, 0.3) is 11.3 Å². The van der Waals surface area contributed by atoms with Crippen molar-refractivity contribution in [3.05, 3.63) is 74.8 Å². The van der Waals surface area contributed by atoms with Crippen LogP contribution in [0.15, 0.2) is 63.4 Å². The second-order valence-electron chi connectivity index (χ2n) is 8.55. The van der Waals surface area contributed by atoms with E-state index < -0.39 is 10.8 Å². The fourth-order valence-corrected chi connectivity index (χ4v) is 4.30. The van der Waals surface area contributed by atoms with Gasteiger partial charge in [-0.25, -0.2) is 0 Å². The van der Waals surface area contributed by atoms with Crippen LogP contribution < -0.4 is 5.32 Å². The second-order valence-corrected chi connectivity index (χ2v) is 8.55. The number of rotatable bonds is 3. The van der Waals surface area contributed by atoms with Crippen LogP contribution >= 0.6 is 0 Å². The molecule has 0 saturated carbocycles. The molecule has 0 amide bonds. The predicted molar refractivity (Wildman–Crippen MR) is 110 cm³/mol. The molecule has 7 heteroatoms. The summed E-state index contributed by atoms with van der Waals surface area (Å²) in [6.45, 7) is 5.93. The summed E-state index contributed by atoms with van der Waals surface area (Å²) in [6, 6.07) is 11.9. The normalized spacial score (nSPS) is 20.5. The maximum absolute atomic E-state index is 13.0. The van der Waals surface area contributed by atoms with Gasteiger partial charge in [-0.2, -0.15) is 5.26 Å². The smallest absolute Gasteiger partial charge is 0.270 e. The number of carbonyl (C=O) groups is 1. The van der Waals surface area contributed by atoms with Gasteiger partial charge in [-0.3, -0.25) is 14.9 Å². The molecule has 1 aromatic heterocycles. The van der Waals surface area contributed by atoms with Crippen molar-refractivity contribution in [3.8, 4) is 17.4 Å². The number of benzene rings is 1. The van der Waals surface area contributed by atoms with E-state index in [-0.39, 0.29) is 16.9 Å². The first-order valence-electron chi connectivity index (χ1n) is 9.69. The van der Waals surface area contributed by atoms with Crippen LogP contribution in [0, 0.1) is 26.9 Å². The summed E-state index contributed by atoms with van der Waals surface area (Å²) in [5.41, 5.74) is 2.95. The zero-order chi connectivity index (χ0) is 21.6. The van der Waals surface area contributed by atoms with Gasteiger partial charge in [0.05, 0.1) is 22.5 Å². The van der Waals surface area contributed by atoms with Crippen LogP contribution in [-0.4, -0.2) is 10.7 Å². The molecule has 0 spiro atoms. The van der Waals surface area contributed by atoms with Crippen LogP contribution in [0.3, 0.4) is 0 Å². The highest BCUT2D eigenvalue weighted by Crippen LogP contribution is 2.47. The summed E-state index contributed by atoms with van der Waals surface area (Å²) in [5, 5.41) is 24.1. The number of nitro groups is 1. The number of nitrogens with one attached hydrogen (secondary N) is 1. The second kappa shape index (κ2) is 6.99. The van der Waals surface area contributed by atoms with E-state index in [1.54, 1.807) is 24.3 Å². The Labute approximate surface area is 173 Å². The number of nitro benzene ring substituents is 1. The number of nitriles is 1. The van der Waals surface area contributed by atoms with Gasteiger partial charge in [0.15, 0.2) is 5.78 Å². The van der Waals surface area contributed by atoms with Crippen LogP contribution in [0.1, 0.15) is 45.3 Å². The molecule has 30 heavy (non-hydrogen) atoms. The summed E-state index contributed by atoms with van der Waals surface area (Å²) in [6.07, 6.45) is 1.11. The first kappa shape index (κ1) is 19.6. The van der Waals surface area contributed by atoms with E-state index in [2.05, 4.69) is 25.2 Å². The van der Waals surface area contributed by atoms with E-state index in [4.69, 9.17) is 4.42 Å². The molecular formula is C23H21N3O4. The van der Waals surface area contributed by atoms with Gasteiger partial charge in [-0.15, -0.1) is 0 Å². The maximum Gasteiger partial charge on any atom is 0.270 e. The van der Waals surface area contributed by atoms with Crippen molar-refractivity contribution < 1.29 is 14.1 Å². The lowest BCUT2D eigenvalue weighted by molar-refractivity contribution is -0.384. The number of ketones is 1. The maximum atomic E-state index is 13.0. The Morgan fingerprint density at radius 1 is 1.27 bits per heavy atom. The zero-order valence-electron chi connectivity index (χ0n) is 17.0. The summed E-state index contributed by atoms with van der Waals surface area (Å²) >= 11 is 0. The van der Waals surface area contributed by atoms with Crippen LogP contribution in [0.5, 0.6) is 0 Å². The quantitative estimate of drug-likeness (QED) is 0.572. The summed E-state index contributed by atoms with van der Waals surface area (Å²) in [7, 11) is 0. The Kier molecular flexibility index (Phi) is 4.58. The van der Waals surface area contributed by atoms with Crippen molar-refractivity contribution in [3.63, 3.8) is 0 Å². The van der Waals surface area contributed by atoms with E-state index in [0.29, 0.717) is 46.8 Å². The van der Waals surface area contributed by atoms with Gasteiger partial charge in [0.25, 0.3) is 5.69 Å². The van der Waals surface area contributed by atoms with E-state index >= 15 is 0 Å². The first-order valence-corrected chi connectivity index (χ1v) is 9.69. The molecule has 1 aromatic carbocycles. The molecule has 1 aliphatic carbocycles. The minimum Gasteiger partial charge on any atom is -0.460 e. The Balaban J connectivity index is 1.80. The standard InChI is InChI=1S/C23H21N3O4/c1-13-16(12-24)21(22-17(25-13)10-23(2,3)11-18(22)27)20-8-7-19(30-20)14-5-4-6-15(9-14)26(28)29/h4-9,21,25H,10-11H2,1-3H3. The third kappa shape index (κ3) is 3.30. The number of nitrogens with zero attached hydrogens (tertiary/aromatic N) is 2. The molecule has 0 radical (unpaired) electrons. The number of Topliss-reactive ketones (excluding diaryl/α,β-unsaturated/α-hetero) is 1. The minimum absolute atomic E-state index is 0.00676. The Morgan fingerprint density at radius 2 is 2.03 bits per heavy atom. The average molecular weight is 403 g/mol. The number of furan rings is 1. The molecule has 152 valence electrons. The van der Waals surface area contributed by atoms with E-state index in [1.165, 1.54) is 12.1 Å². The van der Waals surface area contributed by atoms with Gasteiger partial charge in [-0.05, 0) is 30.9 Å². The van der Waals surface area contributed by atoms with E-state index in [0.717, 1.165) is 5.70 Å². The molecule has 1 unspecified atom stereocenters. The highest BCUT2D eigenvalue weighted by Gasteiger charge is 2.42. The van der Waals surface area contributed by atoms with Gasteiger partial charge in [0.2, 0.25) is 0 Å². The van der Waals surface area contributed by atoms with Crippen molar-refractivity contribution in [2.24, 2.45) is 5.41 Å². The van der Waals surface area contributed by atoms with Gasteiger partial charge in [-0.1, -0.05) is 26.0 Å². The number of non-ortho nitro benzene ring substituents is 1. The molecule has 1 atom stereocenters. The fourth-order valence-electron chi connectivity index (χ4n) is 4.30. The Morgan fingerprint density at radius 3 is 2.73 bits per heavy atom. The monoisotopic (exact) mass is 403 g/mol. The molecule has 0 saturated heterocycles. The summed E-state index contributed by atoms with van der Waals surface area (Å²) in [5.74, 6) is 0.358. The third-order valence-corrected chi connectivity index (χ3v) is 5.61.